The van der Waals surface area contributed by atoms with Gasteiger partial charge < -0.3 is 10.4 Å². The van der Waals surface area contributed by atoms with E-state index in [-0.39, 0.29) is 12.5 Å². The number of hydrogen-bond donors (Lipinski definition) is 2. The lowest BCUT2D eigenvalue weighted by atomic mass is 9.99. The predicted octanol–water partition coefficient (Wildman–Crippen LogP) is 2.50. The molecule has 0 aliphatic carbocycles. The van der Waals surface area contributed by atoms with Crippen molar-refractivity contribution in [1.29, 1.82) is 0 Å². The van der Waals surface area contributed by atoms with Gasteiger partial charge >= 0.3 is 0 Å². The summed E-state index contributed by atoms with van der Waals surface area (Å²) in [6, 6.07) is 5.25. The molecule has 2 N–H and O–H groups in total. The smallest absolute Gasteiger partial charge is 0.251 e. The number of amides is 1. The minimum atomic E-state index is -1.06. The van der Waals surface area contributed by atoms with E-state index in [1.165, 1.54) is 23.1 Å². The fourth-order valence-electron chi connectivity index (χ4n) is 1.69. The van der Waals surface area contributed by atoms with Gasteiger partial charge in [-0.15, -0.1) is 11.8 Å². The lowest BCUT2D eigenvalue weighted by molar-refractivity contribution is 0.0530. The van der Waals surface area contributed by atoms with Gasteiger partial charge in [-0.05, 0) is 47.7 Å². The summed E-state index contributed by atoms with van der Waals surface area (Å²) in [6.07, 6.45) is 3.52. The zero-order chi connectivity index (χ0) is 14.6. The van der Waals surface area contributed by atoms with E-state index in [0.717, 1.165) is 10.6 Å². The Morgan fingerprint density at radius 2 is 2.35 bits per heavy atom. The van der Waals surface area contributed by atoms with Gasteiger partial charge in [0, 0.05) is 11.8 Å². The van der Waals surface area contributed by atoms with Crippen LogP contribution in [0, 0.1) is 0 Å². The van der Waals surface area contributed by atoms with E-state index in [0.29, 0.717) is 5.56 Å². The molecule has 6 heteroatoms. The number of aromatic nitrogens is 1. The normalized spacial score (nSPS) is 13.8. The van der Waals surface area contributed by atoms with Crippen LogP contribution in [-0.2, 0) is 5.60 Å². The van der Waals surface area contributed by atoms with Crippen molar-refractivity contribution >= 4 is 29.0 Å². The monoisotopic (exact) mass is 308 g/mol. The van der Waals surface area contributed by atoms with Gasteiger partial charge in [0.15, 0.2) is 0 Å². The van der Waals surface area contributed by atoms with Gasteiger partial charge in [-0.3, -0.25) is 4.79 Å². The predicted molar refractivity (Wildman–Crippen MR) is 82.2 cm³/mol. The molecule has 1 atom stereocenters. The lowest BCUT2D eigenvalue weighted by Gasteiger charge is -2.22. The van der Waals surface area contributed by atoms with Gasteiger partial charge in [-0.1, -0.05) is 0 Å². The van der Waals surface area contributed by atoms with Crippen LogP contribution in [0.15, 0.2) is 40.2 Å². The molecule has 0 aliphatic heterocycles. The quantitative estimate of drug-likeness (QED) is 0.833. The number of aliphatic hydroxyl groups is 1. The summed E-state index contributed by atoms with van der Waals surface area (Å²) in [6.45, 7) is 1.86. The van der Waals surface area contributed by atoms with Crippen LogP contribution in [0.5, 0.6) is 0 Å². The highest BCUT2D eigenvalue weighted by atomic mass is 32.2. The molecule has 1 unspecified atom stereocenters. The molecule has 0 radical (unpaired) electrons. The van der Waals surface area contributed by atoms with E-state index in [9.17, 15) is 9.90 Å². The Bertz CT molecular complexity index is 583. The van der Waals surface area contributed by atoms with Gasteiger partial charge in [0.25, 0.3) is 5.91 Å². The average Bonchev–Trinajstić information content (AvgIpc) is 3.00. The van der Waals surface area contributed by atoms with Gasteiger partial charge in [0.1, 0.15) is 5.60 Å². The van der Waals surface area contributed by atoms with Crippen LogP contribution in [0.1, 0.15) is 22.8 Å². The van der Waals surface area contributed by atoms with Crippen molar-refractivity contribution in [3.05, 3.63) is 46.3 Å². The summed E-state index contributed by atoms with van der Waals surface area (Å²) in [7, 11) is 0. The Balaban J connectivity index is 2.01. The van der Waals surface area contributed by atoms with E-state index in [1.54, 1.807) is 25.3 Å². The highest BCUT2D eigenvalue weighted by Crippen LogP contribution is 2.22. The van der Waals surface area contributed by atoms with Crippen molar-refractivity contribution in [2.45, 2.75) is 17.6 Å². The zero-order valence-corrected chi connectivity index (χ0v) is 12.9. The highest BCUT2D eigenvalue weighted by Gasteiger charge is 2.24. The van der Waals surface area contributed by atoms with Crippen LogP contribution >= 0.6 is 23.1 Å². The maximum Gasteiger partial charge on any atom is 0.251 e. The summed E-state index contributed by atoms with van der Waals surface area (Å²) in [5.74, 6) is -0.210. The Morgan fingerprint density at radius 3 is 3.00 bits per heavy atom. The third kappa shape index (κ3) is 3.59. The molecule has 0 bridgehead atoms. The van der Waals surface area contributed by atoms with Crippen molar-refractivity contribution < 1.29 is 9.90 Å². The Labute approximate surface area is 126 Å². The highest BCUT2D eigenvalue weighted by molar-refractivity contribution is 7.98. The Morgan fingerprint density at radius 1 is 1.55 bits per heavy atom. The summed E-state index contributed by atoms with van der Waals surface area (Å²) in [5.41, 5.74) is 0.290. The van der Waals surface area contributed by atoms with Crippen LogP contribution in [0.4, 0.5) is 0 Å². The second-order valence-electron chi connectivity index (χ2n) is 4.56. The maximum absolute atomic E-state index is 12.1. The molecule has 0 spiro atoms. The molecule has 1 amide bonds. The number of hydrogen-bond acceptors (Lipinski definition) is 5. The van der Waals surface area contributed by atoms with E-state index in [4.69, 9.17) is 0 Å². The van der Waals surface area contributed by atoms with Crippen molar-refractivity contribution in [2.24, 2.45) is 0 Å². The van der Waals surface area contributed by atoms with E-state index >= 15 is 0 Å². The first-order valence-corrected chi connectivity index (χ1v) is 8.23. The zero-order valence-electron chi connectivity index (χ0n) is 11.3. The fourth-order valence-corrected chi connectivity index (χ4v) is 2.88. The first kappa shape index (κ1) is 15.0. The number of thioether (sulfide) groups is 1. The molecular weight excluding hydrogens is 292 g/mol. The minimum absolute atomic E-state index is 0.166. The molecule has 0 aliphatic rings. The van der Waals surface area contributed by atoms with Gasteiger partial charge in [0.05, 0.1) is 11.6 Å². The second-order valence-corrected chi connectivity index (χ2v) is 6.16. The molecule has 0 aromatic carbocycles. The molecule has 20 heavy (non-hydrogen) atoms. The van der Waals surface area contributed by atoms with Gasteiger partial charge in [0.2, 0.25) is 0 Å². The SMILES string of the molecule is CSc1cc(C(=O)NCC(C)(O)c2ccsc2)ccn1. The maximum atomic E-state index is 12.1. The van der Waals surface area contributed by atoms with Gasteiger partial charge in [-0.2, -0.15) is 11.3 Å². The first-order valence-electron chi connectivity index (χ1n) is 6.06. The summed E-state index contributed by atoms with van der Waals surface area (Å²) in [5, 5.41) is 17.7. The van der Waals surface area contributed by atoms with E-state index in [2.05, 4.69) is 10.3 Å². The van der Waals surface area contributed by atoms with E-state index < -0.39 is 5.60 Å². The topological polar surface area (TPSA) is 62.2 Å². The number of rotatable bonds is 5. The number of pyridine rings is 1. The molecule has 106 valence electrons. The Hall–Kier alpha value is -1.37. The molecule has 4 nitrogen and oxygen atoms in total. The largest absolute Gasteiger partial charge is 0.384 e. The van der Waals surface area contributed by atoms with E-state index in [1.807, 2.05) is 23.1 Å². The number of nitrogens with zero attached hydrogens (tertiary/aromatic N) is 1. The lowest BCUT2D eigenvalue weighted by Crippen LogP contribution is -2.38. The van der Waals surface area contributed by atoms with Crippen LogP contribution in [0.25, 0.3) is 0 Å². The van der Waals surface area contributed by atoms with Crippen LogP contribution in [0.2, 0.25) is 0 Å². The number of carbonyl (C=O) groups is 1. The average molecular weight is 308 g/mol. The van der Waals surface area contributed by atoms with Crippen molar-refractivity contribution in [3.63, 3.8) is 0 Å². The van der Waals surface area contributed by atoms with Crippen LogP contribution in [-0.4, -0.2) is 28.8 Å². The fraction of sp³-hybridized carbons (Fsp3) is 0.286. The van der Waals surface area contributed by atoms with Crippen molar-refractivity contribution in [1.82, 2.24) is 10.3 Å². The van der Waals surface area contributed by atoms with Gasteiger partial charge in [-0.25, -0.2) is 4.98 Å². The van der Waals surface area contributed by atoms with Crippen LogP contribution < -0.4 is 5.32 Å². The molecule has 0 saturated carbocycles. The molecular formula is C14H16N2O2S2. The summed E-state index contributed by atoms with van der Waals surface area (Å²) in [4.78, 5) is 16.2. The standard InChI is InChI=1S/C14H16N2O2S2/c1-14(18,11-4-6-20-8-11)9-16-13(17)10-3-5-15-12(7-10)19-2/h3-8,18H,9H2,1-2H3,(H,16,17). The molecule has 2 aromatic heterocycles. The van der Waals surface area contributed by atoms with Crippen molar-refractivity contribution in [2.75, 3.05) is 12.8 Å². The molecule has 2 heterocycles. The summed E-state index contributed by atoms with van der Waals surface area (Å²) < 4.78 is 0. The third-order valence-corrected chi connectivity index (χ3v) is 4.27. The van der Waals surface area contributed by atoms with Crippen molar-refractivity contribution in [3.8, 4) is 0 Å². The van der Waals surface area contributed by atoms with Crippen LogP contribution in [0.3, 0.4) is 0 Å². The second kappa shape index (κ2) is 6.39. The summed E-state index contributed by atoms with van der Waals surface area (Å²) >= 11 is 3.00. The minimum Gasteiger partial charge on any atom is -0.384 e. The molecule has 0 fully saturated rings. The number of carbonyl (C=O) groups excluding carboxylic acids is 1. The molecule has 2 rings (SSSR count). The molecule has 0 saturated heterocycles. The molecule has 2 aromatic rings. The Kier molecular flexibility index (Phi) is 4.80. The third-order valence-electron chi connectivity index (χ3n) is 2.94. The number of thiophene rings is 1. The first-order chi connectivity index (χ1) is 9.53. The number of nitrogens with one attached hydrogen (secondary N) is 1.